The highest BCUT2D eigenvalue weighted by Gasteiger charge is 2.28. The molecule has 2 aromatic rings. The van der Waals surface area contributed by atoms with Crippen molar-refractivity contribution in [1.29, 1.82) is 0 Å². The highest BCUT2D eigenvalue weighted by atomic mass is 32.1. The van der Waals surface area contributed by atoms with E-state index in [0.717, 1.165) is 50.5 Å². The van der Waals surface area contributed by atoms with E-state index in [0.29, 0.717) is 11.2 Å². The smallest absolute Gasteiger partial charge is 0.180 e. The molecule has 2 aliphatic rings. The Hall–Kier alpha value is -1.79. The Kier molecular flexibility index (Phi) is 4.58. The number of aromatic nitrogens is 1. The number of nitrogen functional groups attached to an aromatic ring is 1. The van der Waals surface area contributed by atoms with Crippen LogP contribution < -0.4 is 15.4 Å². The van der Waals surface area contributed by atoms with Crippen molar-refractivity contribution < 1.29 is 9.47 Å². The molecule has 128 valence electrons. The molecule has 5 nitrogen and oxygen atoms in total. The van der Waals surface area contributed by atoms with Crippen LogP contribution in [0.15, 0.2) is 29.6 Å². The minimum atomic E-state index is 0.280. The zero-order valence-corrected chi connectivity index (χ0v) is 14.5. The molecule has 0 aliphatic carbocycles. The summed E-state index contributed by atoms with van der Waals surface area (Å²) in [5.41, 5.74) is 8.12. The number of hydrogen-bond donors (Lipinski definition) is 1. The van der Waals surface area contributed by atoms with Crippen molar-refractivity contribution in [1.82, 2.24) is 4.98 Å². The van der Waals surface area contributed by atoms with Gasteiger partial charge in [-0.3, -0.25) is 0 Å². The van der Waals surface area contributed by atoms with Crippen molar-refractivity contribution >= 4 is 22.2 Å². The molecule has 1 aromatic carbocycles. The largest absolute Gasteiger partial charge is 0.490 e. The van der Waals surface area contributed by atoms with E-state index < -0.39 is 0 Å². The van der Waals surface area contributed by atoms with Crippen LogP contribution in [0.5, 0.6) is 5.75 Å². The van der Waals surface area contributed by atoms with Crippen LogP contribution in [0.3, 0.4) is 0 Å². The van der Waals surface area contributed by atoms with E-state index >= 15 is 0 Å². The van der Waals surface area contributed by atoms with E-state index in [1.165, 1.54) is 23.4 Å². The maximum Gasteiger partial charge on any atom is 0.180 e. The summed E-state index contributed by atoms with van der Waals surface area (Å²) in [4.78, 5) is 6.90. The molecular weight excluding hydrogens is 322 g/mol. The maximum atomic E-state index is 6.06. The summed E-state index contributed by atoms with van der Waals surface area (Å²) < 4.78 is 11.4. The fourth-order valence-corrected chi connectivity index (χ4v) is 4.15. The summed E-state index contributed by atoms with van der Waals surface area (Å²) in [5, 5.41) is 2.73. The van der Waals surface area contributed by atoms with Gasteiger partial charge in [0.15, 0.2) is 5.13 Å². The summed E-state index contributed by atoms with van der Waals surface area (Å²) in [5.74, 6) is 0.944. The fraction of sp³-hybridized carbons (Fsp3) is 0.500. The molecule has 2 N–H and O–H groups in total. The number of anilines is 2. The Morgan fingerprint density at radius 2 is 1.96 bits per heavy atom. The molecule has 1 unspecified atom stereocenters. The lowest BCUT2D eigenvalue weighted by molar-refractivity contribution is 0.0256. The minimum absolute atomic E-state index is 0.280. The third kappa shape index (κ3) is 3.35. The molecule has 0 spiro atoms. The summed E-state index contributed by atoms with van der Waals surface area (Å²) in [6, 6.07) is 8.80. The van der Waals surface area contributed by atoms with Gasteiger partial charge in [0.25, 0.3) is 0 Å². The average molecular weight is 345 g/mol. The van der Waals surface area contributed by atoms with Crippen molar-refractivity contribution in [2.75, 3.05) is 30.4 Å². The first-order valence-electron chi connectivity index (χ1n) is 8.61. The first kappa shape index (κ1) is 15.7. The SMILES string of the molecule is Nc1nc(C2CCCN2c2ccc(OC3CCOCC3)cc2)cs1. The van der Waals surface area contributed by atoms with Gasteiger partial charge in [-0.05, 0) is 37.1 Å². The van der Waals surface area contributed by atoms with Crippen LogP contribution >= 0.6 is 11.3 Å². The Bertz CT molecular complexity index is 667. The van der Waals surface area contributed by atoms with Gasteiger partial charge in [0, 0.05) is 30.5 Å². The third-order valence-corrected chi connectivity index (χ3v) is 5.47. The highest BCUT2D eigenvalue weighted by molar-refractivity contribution is 7.13. The van der Waals surface area contributed by atoms with E-state index in [-0.39, 0.29) is 6.10 Å². The van der Waals surface area contributed by atoms with Crippen LogP contribution in [0.25, 0.3) is 0 Å². The highest BCUT2D eigenvalue weighted by Crippen LogP contribution is 2.37. The van der Waals surface area contributed by atoms with Crippen LogP contribution in [-0.2, 0) is 4.74 Å². The van der Waals surface area contributed by atoms with Crippen LogP contribution in [0.4, 0.5) is 10.8 Å². The van der Waals surface area contributed by atoms with Gasteiger partial charge in [-0.15, -0.1) is 11.3 Å². The van der Waals surface area contributed by atoms with Gasteiger partial charge >= 0.3 is 0 Å². The molecule has 0 amide bonds. The first-order valence-corrected chi connectivity index (χ1v) is 9.49. The van der Waals surface area contributed by atoms with E-state index in [1.807, 2.05) is 0 Å². The lowest BCUT2D eigenvalue weighted by atomic mass is 10.1. The van der Waals surface area contributed by atoms with Crippen molar-refractivity contribution in [3.05, 3.63) is 35.3 Å². The second kappa shape index (κ2) is 6.99. The Morgan fingerprint density at radius 1 is 1.17 bits per heavy atom. The monoisotopic (exact) mass is 345 g/mol. The van der Waals surface area contributed by atoms with Gasteiger partial charge in [-0.25, -0.2) is 4.98 Å². The first-order chi connectivity index (χ1) is 11.8. The number of ether oxygens (including phenoxy) is 2. The number of benzene rings is 1. The maximum absolute atomic E-state index is 6.06. The normalized spacial score (nSPS) is 22.0. The molecule has 0 bridgehead atoms. The topological polar surface area (TPSA) is 60.6 Å². The fourth-order valence-electron chi connectivity index (χ4n) is 3.54. The van der Waals surface area contributed by atoms with Crippen LogP contribution in [0, 0.1) is 0 Å². The number of hydrogen-bond acceptors (Lipinski definition) is 6. The number of rotatable bonds is 4. The Balaban J connectivity index is 1.45. The quantitative estimate of drug-likeness (QED) is 0.917. The standard InChI is InChI=1S/C18H23N3O2S/c19-18-20-16(12-24-18)17-2-1-9-21(17)13-3-5-14(6-4-13)23-15-7-10-22-11-8-15/h3-6,12,15,17H,1-2,7-11H2,(H2,19,20). The van der Waals surface area contributed by atoms with Gasteiger partial charge in [0.05, 0.1) is 24.9 Å². The molecule has 1 aromatic heterocycles. The van der Waals surface area contributed by atoms with Crippen molar-refractivity contribution in [3.63, 3.8) is 0 Å². The van der Waals surface area contributed by atoms with E-state index in [1.54, 1.807) is 0 Å². The number of nitrogens with two attached hydrogens (primary N) is 1. The van der Waals surface area contributed by atoms with Crippen molar-refractivity contribution in [3.8, 4) is 5.75 Å². The predicted molar refractivity (Wildman–Crippen MR) is 96.8 cm³/mol. The Morgan fingerprint density at radius 3 is 2.67 bits per heavy atom. The van der Waals surface area contributed by atoms with Crippen LogP contribution in [0.2, 0.25) is 0 Å². The van der Waals surface area contributed by atoms with Gasteiger partial charge in [-0.2, -0.15) is 0 Å². The molecule has 0 saturated carbocycles. The lowest BCUT2D eigenvalue weighted by Gasteiger charge is -2.26. The van der Waals surface area contributed by atoms with Crippen LogP contribution in [0.1, 0.15) is 37.4 Å². The van der Waals surface area contributed by atoms with E-state index in [4.69, 9.17) is 15.2 Å². The second-order valence-corrected chi connectivity index (χ2v) is 7.28. The zero-order chi connectivity index (χ0) is 16.4. The van der Waals surface area contributed by atoms with Gasteiger partial charge in [0.1, 0.15) is 11.9 Å². The van der Waals surface area contributed by atoms with Gasteiger partial charge in [0.2, 0.25) is 0 Å². The molecular formula is C18H23N3O2S. The second-order valence-electron chi connectivity index (χ2n) is 6.39. The molecule has 6 heteroatoms. The molecule has 2 aliphatic heterocycles. The molecule has 2 fully saturated rings. The number of thiazole rings is 1. The van der Waals surface area contributed by atoms with Crippen LogP contribution in [-0.4, -0.2) is 30.8 Å². The molecule has 3 heterocycles. The van der Waals surface area contributed by atoms with Gasteiger partial charge < -0.3 is 20.1 Å². The minimum Gasteiger partial charge on any atom is -0.490 e. The van der Waals surface area contributed by atoms with Crippen molar-refractivity contribution in [2.45, 2.75) is 37.8 Å². The average Bonchev–Trinajstić information content (AvgIpc) is 3.25. The van der Waals surface area contributed by atoms with Gasteiger partial charge in [-0.1, -0.05) is 0 Å². The third-order valence-electron chi connectivity index (χ3n) is 4.77. The summed E-state index contributed by atoms with van der Waals surface area (Å²) in [6.07, 6.45) is 4.54. The molecule has 1 atom stereocenters. The zero-order valence-electron chi connectivity index (χ0n) is 13.7. The Labute approximate surface area is 146 Å². The molecule has 4 rings (SSSR count). The summed E-state index contributed by atoms with van der Waals surface area (Å²) >= 11 is 1.52. The lowest BCUT2D eigenvalue weighted by Crippen LogP contribution is -2.26. The van der Waals surface area contributed by atoms with Crippen molar-refractivity contribution in [2.24, 2.45) is 0 Å². The molecule has 0 radical (unpaired) electrons. The predicted octanol–water partition coefficient (Wildman–Crippen LogP) is 3.62. The molecule has 2 saturated heterocycles. The molecule has 24 heavy (non-hydrogen) atoms. The number of nitrogens with zero attached hydrogens (tertiary/aromatic N) is 2. The summed E-state index contributed by atoms with van der Waals surface area (Å²) in [7, 11) is 0. The van der Waals surface area contributed by atoms with E-state index in [9.17, 15) is 0 Å². The summed E-state index contributed by atoms with van der Waals surface area (Å²) in [6.45, 7) is 2.66. The van der Waals surface area contributed by atoms with E-state index in [2.05, 4.69) is 39.5 Å².